The van der Waals surface area contributed by atoms with Gasteiger partial charge < -0.3 is 10.2 Å². The number of nitrogens with one attached hydrogen (secondary N) is 1. The van der Waals surface area contributed by atoms with Crippen LogP contribution in [-0.2, 0) is 4.79 Å². The predicted octanol–water partition coefficient (Wildman–Crippen LogP) is 2.68. The second-order valence-corrected chi connectivity index (χ2v) is 7.34. The molecule has 0 radical (unpaired) electrons. The highest BCUT2D eigenvalue weighted by molar-refractivity contribution is 5.81. The molecular weight excluding hydrogens is 331 g/mol. The van der Waals surface area contributed by atoms with E-state index in [1.54, 1.807) is 4.90 Å². The molecule has 0 saturated carbocycles. The van der Waals surface area contributed by atoms with Crippen LogP contribution in [0.4, 0.5) is 10.1 Å². The summed E-state index contributed by atoms with van der Waals surface area (Å²) in [5.41, 5.74) is 2.05. The van der Waals surface area contributed by atoms with Crippen LogP contribution in [0.5, 0.6) is 0 Å². The highest BCUT2D eigenvalue weighted by Crippen LogP contribution is 2.20. The average molecular weight is 356 g/mol. The van der Waals surface area contributed by atoms with E-state index < -0.39 is 6.17 Å². The lowest BCUT2D eigenvalue weighted by Crippen LogP contribution is -2.45. The summed E-state index contributed by atoms with van der Waals surface area (Å²) in [6, 6.07) is 10.6. The highest BCUT2D eigenvalue weighted by Gasteiger charge is 2.28. The van der Waals surface area contributed by atoms with Gasteiger partial charge in [-0.05, 0) is 31.4 Å². The average Bonchev–Trinajstić information content (AvgIpc) is 3.10. The first-order valence-corrected chi connectivity index (χ1v) is 9.43. The number of nitrogens with zero attached hydrogens (tertiary/aromatic N) is 3. The van der Waals surface area contributed by atoms with E-state index in [2.05, 4.69) is 27.3 Å². The number of carbonyl (C=O) groups excluding carboxylic acids is 1. The number of hydrogen-bond acceptors (Lipinski definition) is 4. The third-order valence-electron chi connectivity index (χ3n) is 5.39. The number of anilines is 1. The van der Waals surface area contributed by atoms with E-state index >= 15 is 0 Å². The molecule has 1 amide bonds. The Hall–Kier alpha value is -2.21. The summed E-state index contributed by atoms with van der Waals surface area (Å²) in [5.74, 6) is 0.0651. The van der Waals surface area contributed by atoms with Crippen LogP contribution in [0.15, 0.2) is 36.5 Å². The van der Waals surface area contributed by atoms with Gasteiger partial charge in [-0.1, -0.05) is 18.2 Å². The molecular formula is C20H25FN4O. The number of benzene rings is 1. The van der Waals surface area contributed by atoms with Crippen molar-refractivity contribution in [2.24, 2.45) is 0 Å². The summed E-state index contributed by atoms with van der Waals surface area (Å²) >= 11 is 0. The van der Waals surface area contributed by atoms with Gasteiger partial charge >= 0.3 is 0 Å². The SMILES string of the molecule is O=C(CN1CCC(Nc2cnc3ccccc3c2)CC1)N1CC[C@H](F)C1. The van der Waals surface area contributed by atoms with E-state index in [9.17, 15) is 9.18 Å². The Morgan fingerprint density at radius 2 is 2.00 bits per heavy atom. The van der Waals surface area contributed by atoms with Crippen LogP contribution in [0.25, 0.3) is 10.9 Å². The molecule has 1 aromatic heterocycles. The third-order valence-corrected chi connectivity index (χ3v) is 5.39. The fourth-order valence-corrected chi connectivity index (χ4v) is 3.86. The third kappa shape index (κ3) is 3.96. The second kappa shape index (κ2) is 7.58. The quantitative estimate of drug-likeness (QED) is 0.915. The zero-order valence-corrected chi connectivity index (χ0v) is 14.9. The number of pyridine rings is 1. The van der Waals surface area contributed by atoms with Crippen LogP contribution in [-0.4, -0.2) is 65.6 Å². The van der Waals surface area contributed by atoms with E-state index in [1.165, 1.54) is 0 Å². The maximum absolute atomic E-state index is 13.2. The van der Waals surface area contributed by atoms with E-state index in [4.69, 9.17) is 0 Å². The molecule has 26 heavy (non-hydrogen) atoms. The summed E-state index contributed by atoms with van der Waals surface area (Å²) in [6.45, 7) is 3.02. The zero-order chi connectivity index (χ0) is 17.9. The second-order valence-electron chi connectivity index (χ2n) is 7.34. The molecule has 0 aliphatic carbocycles. The van der Waals surface area contributed by atoms with Crippen LogP contribution in [0.2, 0.25) is 0 Å². The number of fused-ring (bicyclic) bond motifs is 1. The number of para-hydroxylation sites is 1. The van der Waals surface area contributed by atoms with Gasteiger partial charge in [-0.15, -0.1) is 0 Å². The first-order chi connectivity index (χ1) is 12.7. The van der Waals surface area contributed by atoms with Gasteiger partial charge in [0, 0.05) is 31.1 Å². The topological polar surface area (TPSA) is 48.5 Å². The van der Waals surface area contributed by atoms with Gasteiger partial charge in [-0.2, -0.15) is 0 Å². The molecule has 0 bridgehead atoms. The molecule has 5 nitrogen and oxygen atoms in total. The lowest BCUT2D eigenvalue weighted by molar-refractivity contribution is -0.131. The van der Waals surface area contributed by atoms with Crippen molar-refractivity contribution in [3.8, 4) is 0 Å². The van der Waals surface area contributed by atoms with Gasteiger partial charge in [-0.3, -0.25) is 14.7 Å². The van der Waals surface area contributed by atoms with Gasteiger partial charge in [0.1, 0.15) is 6.17 Å². The van der Waals surface area contributed by atoms with E-state index in [1.807, 2.05) is 24.4 Å². The minimum absolute atomic E-state index is 0.0651. The van der Waals surface area contributed by atoms with E-state index in [-0.39, 0.29) is 12.5 Å². The van der Waals surface area contributed by atoms with Crippen LogP contribution in [0, 0.1) is 0 Å². The molecule has 1 atom stereocenters. The highest BCUT2D eigenvalue weighted by atomic mass is 19.1. The van der Waals surface area contributed by atoms with Crippen molar-refractivity contribution in [2.75, 3.05) is 38.0 Å². The molecule has 138 valence electrons. The lowest BCUT2D eigenvalue weighted by atomic mass is 10.0. The van der Waals surface area contributed by atoms with Crippen molar-refractivity contribution >= 4 is 22.5 Å². The Morgan fingerprint density at radius 3 is 2.77 bits per heavy atom. The van der Waals surface area contributed by atoms with Gasteiger partial charge in [0.2, 0.25) is 5.91 Å². The zero-order valence-electron chi connectivity index (χ0n) is 14.9. The Kier molecular flexibility index (Phi) is 5.02. The van der Waals surface area contributed by atoms with Gasteiger partial charge in [-0.25, -0.2) is 4.39 Å². The molecule has 0 spiro atoms. The number of halogens is 1. The monoisotopic (exact) mass is 356 g/mol. The number of carbonyl (C=O) groups is 1. The smallest absolute Gasteiger partial charge is 0.236 e. The Balaban J connectivity index is 1.27. The summed E-state index contributed by atoms with van der Waals surface area (Å²) in [4.78, 5) is 20.6. The van der Waals surface area contributed by atoms with Crippen LogP contribution in [0.3, 0.4) is 0 Å². The number of piperidine rings is 1. The maximum atomic E-state index is 13.2. The predicted molar refractivity (Wildman–Crippen MR) is 101 cm³/mol. The molecule has 2 aliphatic heterocycles. The molecule has 3 heterocycles. The normalized spacial score (nSPS) is 22.0. The molecule has 4 rings (SSSR count). The molecule has 0 unspecified atom stereocenters. The summed E-state index contributed by atoms with van der Waals surface area (Å²) in [6.07, 6.45) is 3.51. The van der Waals surface area contributed by atoms with Crippen molar-refractivity contribution in [1.29, 1.82) is 0 Å². The number of aromatic nitrogens is 1. The molecule has 1 N–H and O–H groups in total. The number of rotatable bonds is 4. The number of alkyl halides is 1. The number of hydrogen-bond donors (Lipinski definition) is 1. The van der Waals surface area contributed by atoms with E-state index in [0.29, 0.717) is 25.6 Å². The van der Waals surface area contributed by atoms with Gasteiger partial charge in [0.15, 0.2) is 0 Å². The summed E-state index contributed by atoms with van der Waals surface area (Å²) in [5, 5.41) is 4.71. The maximum Gasteiger partial charge on any atom is 0.236 e. The molecule has 2 aromatic rings. The van der Waals surface area contributed by atoms with Crippen molar-refractivity contribution in [1.82, 2.24) is 14.8 Å². The van der Waals surface area contributed by atoms with Crippen LogP contribution < -0.4 is 5.32 Å². The first kappa shape index (κ1) is 17.2. The molecule has 2 aliphatic rings. The fourth-order valence-electron chi connectivity index (χ4n) is 3.86. The lowest BCUT2D eigenvalue weighted by Gasteiger charge is -2.33. The Morgan fingerprint density at radius 1 is 1.19 bits per heavy atom. The molecule has 2 saturated heterocycles. The minimum atomic E-state index is -0.843. The molecule has 6 heteroatoms. The van der Waals surface area contributed by atoms with Gasteiger partial charge in [0.05, 0.1) is 30.5 Å². The first-order valence-electron chi connectivity index (χ1n) is 9.43. The standard InChI is InChI=1S/C20H25FN4O/c21-16-5-10-25(13-16)20(26)14-24-8-6-17(7-9-24)23-18-11-15-3-1-2-4-19(15)22-12-18/h1-4,11-12,16-17,23H,5-10,13-14H2/t16-/m0/s1. The van der Waals surface area contributed by atoms with Crippen LogP contribution in [0.1, 0.15) is 19.3 Å². The van der Waals surface area contributed by atoms with Crippen molar-refractivity contribution in [2.45, 2.75) is 31.5 Å². The molecule has 2 fully saturated rings. The summed E-state index contributed by atoms with van der Waals surface area (Å²) in [7, 11) is 0. The Bertz CT molecular complexity index is 775. The van der Waals surface area contributed by atoms with Crippen molar-refractivity contribution in [3.63, 3.8) is 0 Å². The van der Waals surface area contributed by atoms with Crippen molar-refractivity contribution < 1.29 is 9.18 Å². The summed E-state index contributed by atoms with van der Waals surface area (Å²) < 4.78 is 13.2. The van der Waals surface area contributed by atoms with E-state index in [0.717, 1.165) is 42.5 Å². The largest absolute Gasteiger partial charge is 0.381 e. The fraction of sp³-hybridized carbons (Fsp3) is 0.500. The van der Waals surface area contributed by atoms with Crippen molar-refractivity contribution in [3.05, 3.63) is 36.5 Å². The minimum Gasteiger partial charge on any atom is -0.381 e. The van der Waals surface area contributed by atoms with Gasteiger partial charge in [0.25, 0.3) is 0 Å². The molecule has 1 aromatic carbocycles. The van der Waals surface area contributed by atoms with Crippen LogP contribution >= 0.6 is 0 Å². The number of amides is 1. The Labute approximate surface area is 153 Å². The number of likely N-dealkylation sites (tertiary alicyclic amines) is 2.